The third-order valence-corrected chi connectivity index (χ3v) is 2.11. The van der Waals surface area contributed by atoms with E-state index in [9.17, 15) is 4.79 Å². The summed E-state index contributed by atoms with van der Waals surface area (Å²) in [7, 11) is 0. The number of nitrogens with zero attached hydrogens (tertiary/aromatic N) is 1. The largest absolute Gasteiger partial charge is 0.300 e. The molecule has 0 saturated carbocycles. The van der Waals surface area contributed by atoms with Crippen LogP contribution in [0.25, 0.3) is 0 Å². The molecule has 0 radical (unpaired) electrons. The van der Waals surface area contributed by atoms with Crippen molar-refractivity contribution >= 4 is 5.78 Å². The third kappa shape index (κ3) is 3.32. The molecule has 2 unspecified atom stereocenters. The van der Waals surface area contributed by atoms with E-state index in [-0.39, 0.29) is 0 Å². The highest BCUT2D eigenvalue weighted by molar-refractivity contribution is 5.75. The number of hydrogen-bond donors (Lipinski definition) is 1. The van der Waals surface area contributed by atoms with E-state index in [0.29, 0.717) is 11.9 Å². The maximum absolute atomic E-state index is 10.6. The molecule has 2 atom stereocenters. The summed E-state index contributed by atoms with van der Waals surface area (Å²) in [6.45, 7) is 4.86. The minimum atomic E-state index is 0.295. The van der Waals surface area contributed by atoms with Crippen LogP contribution >= 0.6 is 0 Å². The number of hydrogen-bond acceptors (Lipinski definition) is 3. The molecule has 0 amide bonds. The molecule has 0 aromatic heterocycles. The topological polar surface area (TPSA) is 42.0 Å². The zero-order chi connectivity index (χ0) is 8.97. The summed E-state index contributed by atoms with van der Waals surface area (Å²) in [5.41, 5.74) is 3.27. The van der Waals surface area contributed by atoms with E-state index >= 15 is 0 Å². The normalized spacial score (nSPS) is 27.2. The van der Waals surface area contributed by atoms with Gasteiger partial charge in [0, 0.05) is 13.0 Å². The molecule has 1 heterocycles. The van der Waals surface area contributed by atoms with Gasteiger partial charge in [-0.05, 0) is 19.8 Å². The first-order valence-corrected chi connectivity index (χ1v) is 4.76. The van der Waals surface area contributed by atoms with Crippen molar-refractivity contribution in [3.05, 3.63) is 0 Å². The lowest BCUT2D eigenvalue weighted by atomic mass is 10.2. The predicted octanol–water partition coefficient (Wildman–Crippen LogP) is 1.30. The van der Waals surface area contributed by atoms with Crippen LogP contribution in [0.1, 0.15) is 39.5 Å². The van der Waals surface area contributed by atoms with Gasteiger partial charge in [-0.2, -0.15) is 0 Å². The average molecular weight is 170 g/mol. The van der Waals surface area contributed by atoms with E-state index in [1.54, 1.807) is 6.92 Å². The first kappa shape index (κ1) is 9.68. The quantitative estimate of drug-likeness (QED) is 0.611. The maximum Gasteiger partial charge on any atom is 0.129 e. The highest BCUT2D eigenvalue weighted by Gasteiger charge is 2.30. The molecular formula is C9H18N2O. The van der Waals surface area contributed by atoms with E-state index in [1.165, 1.54) is 12.8 Å². The fourth-order valence-electron chi connectivity index (χ4n) is 1.37. The number of carbonyl (C=O) groups excluding carboxylic acids is 1. The summed E-state index contributed by atoms with van der Waals surface area (Å²) in [5.74, 6) is 0.295. The van der Waals surface area contributed by atoms with E-state index in [2.05, 4.69) is 17.4 Å². The molecule has 0 aliphatic carbocycles. The van der Waals surface area contributed by atoms with Crippen LogP contribution in [-0.4, -0.2) is 23.5 Å². The van der Waals surface area contributed by atoms with Gasteiger partial charge < -0.3 is 4.79 Å². The monoisotopic (exact) mass is 170 g/mol. The highest BCUT2D eigenvalue weighted by Crippen LogP contribution is 2.15. The van der Waals surface area contributed by atoms with Gasteiger partial charge in [0.1, 0.15) is 5.78 Å². The van der Waals surface area contributed by atoms with Crippen molar-refractivity contribution in [1.29, 1.82) is 0 Å². The lowest BCUT2D eigenvalue weighted by Crippen LogP contribution is -2.06. The van der Waals surface area contributed by atoms with E-state index in [4.69, 9.17) is 0 Å². The van der Waals surface area contributed by atoms with Crippen molar-refractivity contribution in [2.45, 2.75) is 45.7 Å². The van der Waals surface area contributed by atoms with Gasteiger partial charge in [0.25, 0.3) is 0 Å². The molecule has 1 N–H and O–H groups in total. The highest BCUT2D eigenvalue weighted by atomic mass is 16.1. The van der Waals surface area contributed by atoms with Gasteiger partial charge >= 0.3 is 0 Å². The Hall–Kier alpha value is -0.410. The molecule has 1 rings (SSSR count). The van der Waals surface area contributed by atoms with Gasteiger partial charge in [-0.15, -0.1) is 0 Å². The number of nitrogens with one attached hydrogen (secondary N) is 1. The molecule has 1 aliphatic rings. The number of carbonyl (C=O) groups is 1. The summed E-state index contributed by atoms with van der Waals surface area (Å²) < 4.78 is 0. The van der Waals surface area contributed by atoms with Crippen LogP contribution in [0.3, 0.4) is 0 Å². The van der Waals surface area contributed by atoms with Crippen LogP contribution < -0.4 is 5.43 Å². The van der Waals surface area contributed by atoms with Gasteiger partial charge in [-0.25, -0.2) is 10.4 Å². The summed E-state index contributed by atoms with van der Waals surface area (Å²) in [6.07, 6.45) is 4.75. The molecule has 3 nitrogen and oxygen atoms in total. The predicted molar refractivity (Wildman–Crippen MR) is 48.5 cm³/mol. The molecule has 0 bridgehead atoms. The second-order valence-electron chi connectivity index (χ2n) is 3.43. The Kier molecular flexibility index (Phi) is 3.69. The number of Topliss-reactive ketones (excluding diaryl/α,β-unsaturated/α-hetero) is 1. The van der Waals surface area contributed by atoms with Crippen LogP contribution in [0.15, 0.2) is 0 Å². The molecule has 70 valence electrons. The summed E-state index contributed by atoms with van der Waals surface area (Å²) in [4.78, 5) is 10.6. The molecule has 0 spiro atoms. The lowest BCUT2D eigenvalue weighted by molar-refractivity contribution is -0.117. The van der Waals surface area contributed by atoms with Crippen LogP contribution in [0.2, 0.25) is 0 Å². The van der Waals surface area contributed by atoms with Gasteiger partial charge in [-0.3, -0.25) is 0 Å². The standard InChI is InChI=1S/C9H18N2O/c1-3-5-9-10-11(9)7-4-6-8(2)12/h9-10H,3-7H2,1-2H3. The maximum atomic E-state index is 10.6. The molecule has 12 heavy (non-hydrogen) atoms. The van der Waals surface area contributed by atoms with Crippen LogP contribution in [-0.2, 0) is 4.79 Å². The Morgan fingerprint density at radius 2 is 2.33 bits per heavy atom. The van der Waals surface area contributed by atoms with Gasteiger partial charge in [0.05, 0.1) is 6.17 Å². The number of rotatable bonds is 6. The van der Waals surface area contributed by atoms with Gasteiger partial charge in [-0.1, -0.05) is 13.3 Å². The minimum Gasteiger partial charge on any atom is -0.300 e. The molecule has 1 aliphatic heterocycles. The SMILES string of the molecule is CCCC1NN1CCCC(C)=O. The van der Waals surface area contributed by atoms with Gasteiger partial charge in [0.15, 0.2) is 0 Å². The molecule has 0 aromatic carbocycles. The third-order valence-electron chi connectivity index (χ3n) is 2.11. The van der Waals surface area contributed by atoms with Crippen LogP contribution in [0, 0.1) is 0 Å². The first-order valence-electron chi connectivity index (χ1n) is 4.76. The second-order valence-corrected chi connectivity index (χ2v) is 3.43. The summed E-state index contributed by atoms with van der Waals surface area (Å²) in [6, 6.07) is 0. The Bertz CT molecular complexity index is 159. The Labute approximate surface area is 74.1 Å². The van der Waals surface area contributed by atoms with Crippen molar-refractivity contribution in [2.75, 3.05) is 6.54 Å². The number of hydrazine groups is 1. The van der Waals surface area contributed by atoms with E-state index in [1.807, 2.05) is 0 Å². The van der Waals surface area contributed by atoms with E-state index < -0.39 is 0 Å². The molecule has 1 fully saturated rings. The van der Waals surface area contributed by atoms with Gasteiger partial charge in [0.2, 0.25) is 0 Å². The molecular weight excluding hydrogens is 152 g/mol. The van der Waals surface area contributed by atoms with Crippen molar-refractivity contribution in [3.63, 3.8) is 0 Å². The van der Waals surface area contributed by atoms with Crippen molar-refractivity contribution in [3.8, 4) is 0 Å². The van der Waals surface area contributed by atoms with Crippen molar-refractivity contribution < 1.29 is 4.79 Å². The minimum absolute atomic E-state index is 0.295. The zero-order valence-corrected chi connectivity index (χ0v) is 7.97. The zero-order valence-electron chi connectivity index (χ0n) is 7.97. The fraction of sp³-hybridized carbons (Fsp3) is 0.889. The number of ketones is 1. The molecule has 1 saturated heterocycles. The first-order chi connectivity index (χ1) is 5.74. The lowest BCUT2D eigenvalue weighted by Gasteiger charge is -1.97. The average Bonchev–Trinajstić information content (AvgIpc) is 2.68. The van der Waals surface area contributed by atoms with Crippen molar-refractivity contribution in [2.24, 2.45) is 0 Å². The smallest absolute Gasteiger partial charge is 0.129 e. The van der Waals surface area contributed by atoms with Crippen LogP contribution in [0.4, 0.5) is 0 Å². The fourth-order valence-corrected chi connectivity index (χ4v) is 1.37. The molecule has 0 aromatic rings. The molecule has 3 heteroatoms. The second kappa shape index (κ2) is 4.58. The van der Waals surface area contributed by atoms with Crippen molar-refractivity contribution in [1.82, 2.24) is 10.4 Å². The van der Waals surface area contributed by atoms with E-state index in [0.717, 1.165) is 19.4 Å². The Morgan fingerprint density at radius 1 is 1.58 bits per heavy atom. The summed E-state index contributed by atoms with van der Waals surface area (Å²) in [5, 5.41) is 2.21. The Morgan fingerprint density at radius 3 is 2.92 bits per heavy atom. The Balaban J connectivity index is 1.93. The summed E-state index contributed by atoms with van der Waals surface area (Å²) >= 11 is 0. The van der Waals surface area contributed by atoms with Crippen LogP contribution in [0.5, 0.6) is 0 Å².